The number of hydrogen-bond acceptors (Lipinski definition) is 3. The van der Waals surface area contributed by atoms with Crippen molar-refractivity contribution < 1.29 is 27.8 Å². The molecule has 0 aliphatic heterocycles. The fraction of sp³-hybridized carbons (Fsp3) is 0.462. The molecule has 6 heteroatoms. The number of carbonyl (C=O) groups excluding carboxylic acids is 1. The lowest BCUT2D eigenvalue weighted by molar-refractivity contribution is -0.157. The van der Waals surface area contributed by atoms with E-state index in [1.54, 1.807) is 0 Å². The number of ether oxygens (including phenoxy) is 1. The lowest BCUT2D eigenvalue weighted by atomic mass is 9.82. The minimum atomic E-state index is -4.49. The van der Waals surface area contributed by atoms with E-state index in [-0.39, 0.29) is 5.56 Å². The molecule has 0 amide bonds. The van der Waals surface area contributed by atoms with E-state index < -0.39 is 29.2 Å². The Bertz CT molecular complexity index is 466. The number of halogens is 3. The summed E-state index contributed by atoms with van der Waals surface area (Å²) in [7, 11) is 1.16. The zero-order valence-electron chi connectivity index (χ0n) is 10.8. The maximum absolute atomic E-state index is 12.6. The van der Waals surface area contributed by atoms with Crippen molar-refractivity contribution in [1.29, 1.82) is 0 Å². The van der Waals surface area contributed by atoms with Gasteiger partial charge in [0.05, 0.1) is 24.2 Å². The summed E-state index contributed by atoms with van der Waals surface area (Å²) in [5.41, 5.74) is -2.19. The number of rotatable bonds is 3. The van der Waals surface area contributed by atoms with Gasteiger partial charge in [0.15, 0.2) is 0 Å². The van der Waals surface area contributed by atoms with Crippen LogP contribution in [0.3, 0.4) is 0 Å². The van der Waals surface area contributed by atoms with Crippen molar-refractivity contribution in [3.63, 3.8) is 0 Å². The van der Waals surface area contributed by atoms with Crippen molar-refractivity contribution in [1.82, 2.24) is 0 Å². The average molecular weight is 276 g/mol. The monoisotopic (exact) mass is 276 g/mol. The average Bonchev–Trinajstić information content (AvgIpc) is 2.35. The van der Waals surface area contributed by atoms with Crippen LogP contribution < -0.4 is 0 Å². The van der Waals surface area contributed by atoms with Crippen LogP contribution in [-0.4, -0.2) is 18.2 Å². The highest BCUT2D eigenvalue weighted by atomic mass is 19.4. The molecule has 0 aromatic heterocycles. The molecule has 106 valence electrons. The van der Waals surface area contributed by atoms with Crippen LogP contribution in [0.2, 0.25) is 0 Å². The first-order chi connectivity index (χ1) is 8.60. The predicted molar refractivity (Wildman–Crippen MR) is 62.2 cm³/mol. The van der Waals surface area contributed by atoms with Gasteiger partial charge in [-0.3, -0.25) is 4.79 Å². The van der Waals surface area contributed by atoms with Crippen molar-refractivity contribution in [2.45, 2.75) is 26.1 Å². The first kappa shape index (κ1) is 15.5. The van der Waals surface area contributed by atoms with E-state index in [2.05, 4.69) is 4.74 Å². The van der Waals surface area contributed by atoms with Crippen LogP contribution in [0.25, 0.3) is 0 Å². The standard InChI is InChI=1S/C13H15F3O3/c1-12(2,11(18)19-3)10(17)8-5-4-6-9(7-8)13(14,15)16/h4-7,10,17H,1-3H3. The van der Waals surface area contributed by atoms with Crippen LogP contribution in [0, 0.1) is 5.41 Å². The topological polar surface area (TPSA) is 46.5 Å². The van der Waals surface area contributed by atoms with Crippen molar-refractivity contribution in [3.05, 3.63) is 35.4 Å². The second-order valence-electron chi connectivity index (χ2n) is 4.74. The minimum absolute atomic E-state index is 0.0187. The van der Waals surface area contributed by atoms with Gasteiger partial charge in [-0.05, 0) is 31.5 Å². The maximum Gasteiger partial charge on any atom is 0.416 e. The highest BCUT2D eigenvalue weighted by Gasteiger charge is 2.39. The molecular formula is C13H15F3O3. The third kappa shape index (κ3) is 3.26. The molecule has 1 aromatic rings. The molecule has 0 radical (unpaired) electrons. The van der Waals surface area contributed by atoms with E-state index in [0.717, 1.165) is 19.2 Å². The zero-order valence-corrected chi connectivity index (χ0v) is 10.8. The number of benzene rings is 1. The summed E-state index contributed by atoms with van der Waals surface area (Å²) in [6.07, 6.45) is -5.88. The van der Waals surface area contributed by atoms with E-state index in [1.807, 2.05) is 0 Å². The molecule has 0 spiro atoms. The third-order valence-corrected chi connectivity index (χ3v) is 2.92. The van der Waals surface area contributed by atoms with Crippen LogP contribution in [0.15, 0.2) is 24.3 Å². The molecule has 19 heavy (non-hydrogen) atoms. The molecule has 3 nitrogen and oxygen atoms in total. The predicted octanol–water partition coefficient (Wildman–Crippen LogP) is 2.94. The van der Waals surface area contributed by atoms with Gasteiger partial charge in [-0.1, -0.05) is 12.1 Å². The van der Waals surface area contributed by atoms with Crippen LogP contribution in [-0.2, 0) is 15.7 Å². The first-order valence-electron chi connectivity index (χ1n) is 5.54. The maximum atomic E-state index is 12.6. The Morgan fingerprint density at radius 2 is 1.89 bits per heavy atom. The molecule has 0 saturated heterocycles. The van der Waals surface area contributed by atoms with Gasteiger partial charge in [0, 0.05) is 0 Å². The Labute approximate surface area is 109 Å². The molecule has 0 saturated carbocycles. The highest BCUT2D eigenvalue weighted by Crippen LogP contribution is 2.37. The number of aliphatic hydroxyl groups is 1. The van der Waals surface area contributed by atoms with Crippen molar-refractivity contribution in [2.75, 3.05) is 7.11 Å². The summed E-state index contributed by atoms with van der Waals surface area (Å²) < 4.78 is 42.3. The number of esters is 1. The Kier molecular flexibility index (Phi) is 4.25. The molecular weight excluding hydrogens is 261 g/mol. The van der Waals surface area contributed by atoms with Crippen LogP contribution >= 0.6 is 0 Å². The normalized spacial score (nSPS) is 14.1. The lowest BCUT2D eigenvalue weighted by Gasteiger charge is -2.28. The van der Waals surface area contributed by atoms with Gasteiger partial charge >= 0.3 is 12.1 Å². The van der Waals surface area contributed by atoms with Crippen LogP contribution in [0.5, 0.6) is 0 Å². The van der Waals surface area contributed by atoms with Crippen molar-refractivity contribution in [3.8, 4) is 0 Å². The van der Waals surface area contributed by atoms with Gasteiger partial charge in [-0.2, -0.15) is 13.2 Å². The quantitative estimate of drug-likeness (QED) is 0.863. The van der Waals surface area contributed by atoms with Crippen LogP contribution in [0.1, 0.15) is 31.1 Å². The second-order valence-corrected chi connectivity index (χ2v) is 4.74. The fourth-order valence-corrected chi connectivity index (χ4v) is 1.68. The third-order valence-electron chi connectivity index (χ3n) is 2.92. The Balaban J connectivity index is 3.14. The van der Waals surface area contributed by atoms with Crippen molar-refractivity contribution >= 4 is 5.97 Å². The van der Waals surface area contributed by atoms with E-state index in [4.69, 9.17) is 0 Å². The summed E-state index contributed by atoms with van der Waals surface area (Å²) in [6, 6.07) is 4.26. The van der Waals surface area contributed by atoms with Gasteiger partial charge in [0.1, 0.15) is 0 Å². The van der Waals surface area contributed by atoms with E-state index in [1.165, 1.54) is 26.0 Å². The number of hydrogen-bond donors (Lipinski definition) is 1. The second kappa shape index (κ2) is 5.21. The SMILES string of the molecule is COC(=O)C(C)(C)C(O)c1cccc(C(F)(F)F)c1. The summed E-state index contributed by atoms with van der Waals surface area (Å²) in [5.74, 6) is -0.697. The number of alkyl halides is 3. The molecule has 0 aliphatic rings. The van der Waals surface area contributed by atoms with E-state index in [9.17, 15) is 23.1 Å². The Morgan fingerprint density at radius 3 is 2.37 bits per heavy atom. The summed E-state index contributed by atoms with van der Waals surface area (Å²) in [4.78, 5) is 11.5. The lowest BCUT2D eigenvalue weighted by Crippen LogP contribution is -2.32. The van der Waals surface area contributed by atoms with Gasteiger partial charge in [0.2, 0.25) is 0 Å². The molecule has 0 heterocycles. The highest BCUT2D eigenvalue weighted by molar-refractivity contribution is 5.76. The molecule has 1 rings (SSSR count). The van der Waals surface area contributed by atoms with E-state index >= 15 is 0 Å². The minimum Gasteiger partial charge on any atom is -0.469 e. The smallest absolute Gasteiger partial charge is 0.416 e. The first-order valence-corrected chi connectivity index (χ1v) is 5.54. The van der Waals surface area contributed by atoms with Gasteiger partial charge in [-0.15, -0.1) is 0 Å². The number of carbonyl (C=O) groups is 1. The Hall–Kier alpha value is -1.56. The zero-order chi connectivity index (χ0) is 14.8. The number of aliphatic hydroxyl groups excluding tert-OH is 1. The molecule has 0 aliphatic carbocycles. The molecule has 0 bridgehead atoms. The van der Waals surface area contributed by atoms with Gasteiger partial charge in [0.25, 0.3) is 0 Å². The Morgan fingerprint density at radius 1 is 1.32 bits per heavy atom. The molecule has 1 atom stereocenters. The van der Waals surface area contributed by atoms with Gasteiger partial charge < -0.3 is 9.84 Å². The summed E-state index contributed by atoms with van der Waals surface area (Å²) in [6.45, 7) is 2.81. The molecule has 1 aromatic carbocycles. The molecule has 0 fully saturated rings. The largest absolute Gasteiger partial charge is 0.469 e. The number of methoxy groups -OCH3 is 1. The fourth-order valence-electron chi connectivity index (χ4n) is 1.68. The summed E-state index contributed by atoms with van der Waals surface area (Å²) in [5, 5.41) is 10.1. The molecule has 1 unspecified atom stereocenters. The molecule has 1 N–H and O–H groups in total. The van der Waals surface area contributed by atoms with Crippen molar-refractivity contribution in [2.24, 2.45) is 5.41 Å². The summed E-state index contributed by atoms with van der Waals surface area (Å²) >= 11 is 0. The van der Waals surface area contributed by atoms with Gasteiger partial charge in [-0.25, -0.2) is 0 Å². The van der Waals surface area contributed by atoms with E-state index in [0.29, 0.717) is 0 Å². The van der Waals surface area contributed by atoms with Crippen LogP contribution in [0.4, 0.5) is 13.2 Å².